The molecule has 0 atom stereocenters. The molecular formula is C10H10BrClFN. The van der Waals surface area contributed by atoms with E-state index in [-0.39, 0.29) is 10.8 Å². The van der Waals surface area contributed by atoms with Crippen molar-refractivity contribution in [1.82, 2.24) is 5.32 Å². The van der Waals surface area contributed by atoms with E-state index < -0.39 is 0 Å². The van der Waals surface area contributed by atoms with Crippen LogP contribution in [-0.2, 0) is 6.54 Å². The van der Waals surface area contributed by atoms with Gasteiger partial charge in [-0.3, -0.25) is 0 Å². The normalized spacial score (nSPS) is 15.9. The average Bonchev–Trinajstić information content (AvgIpc) is 2.97. The van der Waals surface area contributed by atoms with Crippen molar-refractivity contribution < 1.29 is 4.39 Å². The number of rotatable bonds is 3. The largest absolute Gasteiger partial charge is 0.310 e. The first-order chi connectivity index (χ1) is 6.68. The smallest absolute Gasteiger partial charge is 0.147 e. The monoisotopic (exact) mass is 277 g/mol. The molecule has 1 aliphatic carbocycles. The van der Waals surface area contributed by atoms with Crippen LogP contribution in [0.4, 0.5) is 4.39 Å². The maximum atomic E-state index is 13.5. The van der Waals surface area contributed by atoms with Crippen molar-refractivity contribution in [2.45, 2.75) is 25.4 Å². The minimum absolute atomic E-state index is 0.167. The topological polar surface area (TPSA) is 12.0 Å². The number of hydrogen-bond acceptors (Lipinski definition) is 1. The molecule has 2 rings (SSSR count). The maximum absolute atomic E-state index is 13.5. The Morgan fingerprint density at radius 2 is 2.21 bits per heavy atom. The molecule has 0 spiro atoms. The van der Waals surface area contributed by atoms with Gasteiger partial charge in [-0.2, -0.15) is 0 Å². The van der Waals surface area contributed by atoms with Gasteiger partial charge >= 0.3 is 0 Å². The average molecular weight is 279 g/mol. The summed E-state index contributed by atoms with van der Waals surface area (Å²) in [5.74, 6) is -0.325. The van der Waals surface area contributed by atoms with E-state index in [4.69, 9.17) is 11.6 Å². The molecule has 1 aliphatic rings. The minimum Gasteiger partial charge on any atom is -0.310 e. The van der Waals surface area contributed by atoms with Crippen LogP contribution in [0.1, 0.15) is 18.4 Å². The van der Waals surface area contributed by atoms with Crippen molar-refractivity contribution in [3.63, 3.8) is 0 Å². The molecule has 0 radical (unpaired) electrons. The molecule has 0 bridgehead atoms. The molecule has 0 aliphatic heterocycles. The van der Waals surface area contributed by atoms with Gasteiger partial charge in [-0.1, -0.05) is 17.7 Å². The molecule has 76 valence electrons. The lowest BCUT2D eigenvalue weighted by Crippen LogP contribution is -2.16. The first-order valence-corrected chi connectivity index (χ1v) is 5.71. The van der Waals surface area contributed by atoms with Gasteiger partial charge in [0.05, 0.1) is 5.02 Å². The van der Waals surface area contributed by atoms with Crippen LogP contribution in [0, 0.1) is 5.82 Å². The van der Waals surface area contributed by atoms with Crippen LogP contribution in [0.2, 0.25) is 5.02 Å². The first-order valence-electron chi connectivity index (χ1n) is 4.54. The van der Waals surface area contributed by atoms with E-state index >= 15 is 0 Å². The van der Waals surface area contributed by atoms with E-state index in [2.05, 4.69) is 21.2 Å². The number of halogens is 3. The number of benzene rings is 1. The molecule has 14 heavy (non-hydrogen) atoms. The van der Waals surface area contributed by atoms with Crippen molar-refractivity contribution in [3.05, 3.63) is 33.0 Å². The Labute approximate surface area is 95.8 Å². The van der Waals surface area contributed by atoms with Crippen molar-refractivity contribution in [2.24, 2.45) is 0 Å². The van der Waals surface area contributed by atoms with Crippen LogP contribution >= 0.6 is 27.5 Å². The molecule has 1 fully saturated rings. The van der Waals surface area contributed by atoms with E-state index in [1.54, 1.807) is 12.1 Å². The van der Waals surface area contributed by atoms with Crippen molar-refractivity contribution in [3.8, 4) is 0 Å². The lowest BCUT2D eigenvalue weighted by Gasteiger charge is -2.06. The van der Waals surface area contributed by atoms with E-state index in [0.717, 1.165) is 0 Å². The quantitative estimate of drug-likeness (QED) is 0.835. The Bertz CT molecular complexity index is 352. The summed E-state index contributed by atoms with van der Waals surface area (Å²) in [6, 6.07) is 4.10. The van der Waals surface area contributed by atoms with E-state index in [1.165, 1.54) is 12.8 Å². The second-order valence-electron chi connectivity index (χ2n) is 3.49. The zero-order chi connectivity index (χ0) is 10.1. The molecule has 0 heterocycles. The van der Waals surface area contributed by atoms with Crippen LogP contribution in [0.3, 0.4) is 0 Å². The fourth-order valence-corrected chi connectivity index (χ4v) is 1.73. The van der Waals surface area contributed by atoms with E-state index in [9.17, 15) is 4.39 Å². The van der Waals surface area contributed by atoms with Gasteiger partial charge in [0, 0.05) is 22.6 Å². The van der Waals surface area contributed by atoms with Crippen LogP contribution in [0.5, 0.6) is 0 Å². The highest BCUT2D eigenvalue weighted by Gasteiger charge is 2.21. The van der Waals surface area contributed by atoms with Gasteiger partial charge in [0.25, 0.3) is 0 Å². The summed E-state index contributed by atoms with van der Waals surface area (Å²) in [5.41, 5.74) is 0.630. The summed E-state index contributed by atoms with van der Waals surface area (Å²) in [5, 5.41) is 3.41. The molecule has 1 N–H and O–H groups in total. The third kappa shape index (κ3) is 2.27. The zero-order valence-corrected chi connectivity index (χ0v) is 9.83. The molecule has 0 amide bonds. The van der Waals surface area contributed by atoms with Crippen LogP contribution in [0.25, 0.3) is 0 Å². The zero-order valence-electron chi connectivity index (χ0n) is 7.49. The molecule has 0 saturated heterocycles. The molecule has 4 heteroatoms. The van der Waals surface area contributed by atoms with Gasteiger partial charge in [-0.25, -0.2) is 4.39 Å². The molecule has 1 aromatic rings. The lowest BCUT2D eigenvalue weighted by atomic mass is 10.2. The van der Waals surface area contributed by atoms with Gasteiger partial charge in [-0.05, 0) is 34.8 Å². The highest BCUT2D eigenvalue weighted by molar-refractivity contribution is 9.10. The molecule has 1 nitrogen and oxygen atoms in total. The Morgan fingerprint density at radius 1 is 1.50 bits per heavy atom. The van der Waals surface area contributed by atoms with E-state index in [1.807, 2.05) is 0 Å². The van der Waals surface area contributed by atoms with Gasteiger partial charge in [-0.15, -0.1) is 0 Å². The van der Waals surface area contributed by atoms with Crippen LogP contribution < -0.4 is 5.32 Å². The van der Waals surface area contributed by atoms with Crippen molar-refractivity contribution >= 4 is 27.5 Å². The summed E-state index contributed by atoms with van der Waals surface area (Å²) in [4.78, 5) is 0. The van der Waals surface area contributed by atoms with Crippen molar-refractivity contribution in [1.29, 1.82) is 0 Å². The van der Waals surface area contributed by atoms with Gasteiger partial charge in [0.15, 0.2) is 0 Å². The Morgan fingerprint density at radius 3 is 2.86 bits per heavy atom. The summed E-state index contributed by atoms with van der Waals surface area (Å²) in [6.45, 7) is 0.559. The Hall–Kier alpha value is -0.120. The summed E-state index contributed by atoms with van der Waals surface area (Å²) in [7, 11) is 0. The lowest BCUT2D eigenvalue weighted by molar-refractivity contribution is 0.586. The summed E-state index contributed by atoms with van der Waals surface area (Å²) < 4.78 is 14.1. The molecule has 0 aromatic heterocycles. The van der Waals surface area contributed by atoms with Gasteiger partial charge in [0.2, 0.25) is 0 Å². The number of nitrogens with one attached hydrogen (secondary N) is 1. The molecular weight excluding hydrogens is 268 g/mol. The standard InChI is InChI=1S/C10H10BrClFN/c11-8-4-1-6(10(13)9(8)12)5-14-7-2-3-7/h1,4,7,14H,2-3,5H2. The second kappa shape index (κ2) is 4.17. The molecule has 1 saturated carbocycles. The highest BCUT2D eigenvalue weighted by atomic mass is 79.9. The first kappa shape index (κ1) is 10.4. The SMILES string of the molecule is Fc1c(CNC2CC2)ccc(Br)c1Cl. The van der Waals surface area contributed by atoms with Crippen molar-refractivity contribution in [2.75, 3.05) is 0 Å². The van der Waals surface area contributed by atoms with E-state index in [0.29, 0.717) is 22.6 Å². The fraction of sp³-hybridized carbons (Fsp3) is 0.400. The van der Waals surface area contributed by atoms with Gasteiger partial charge in [0.1, 0.15) is 5.82 Å². The summed E-state index contributed by atoms with van der Waals surface area (Å²) >= 11 is 8.94. The highest BCUT2D eigenvalue weighted by Crippen LogP contribution is 2.28. The minimum atomic E-state index is -0.325. The third-order valence-corrected chi connectivity index (χ3v) is 3.53. The second-order valence-corrected chi connectivity index (χ2v) is 4.72. The fourth-order valence-electron chi connectivity index (χ4n) is 1.24. The number of hydrogen-bond donors (Lipinski definition) is 1. The Kier molecular flexibility index (Phi) is 3.10. The predicted octanol–water partition coefficient (Wildman–Crippen LogP) is 3.49. The molecule has 1 aromatic carbocycles. The van der Waals surface area contributed by atoms with Gasteiger partial charge < -0.3 is 5.32 Å². The Balaban J connectivity index is 2.11. The molecule has 0 unspecified atom stereocenters. The third-order valence-electron chi connectivity index (χ3n) is 2.27. The van der Waals surface area contributed by atoms with Crippen LogP contribution in [0.15, 0.2) is 16.6 Å². The maximum Gasteiger partial charge on any atom is 0.147 e. The summed E-state index contributed by atoms with van der Waals surface area (Å²) in [6.07, 6.45) is 2.40. The predicted molar refractivity (Wildman–Crippen MR) is 59.0 cm³/mol. The van der Waals surface area contributed by atoms with Crippen LogP contribution in [-0.4, -0.2) is 6.04 Å².